The lowest BCUT2D eigenvalue weighted by atomic mass is 9.94. The van der Waals surface area contributed by atoms with E-state index in [0.29, 0.717) is 66.3 Å². The monoisotopic (exact) mass is 439 g/mol. The summed E-state index contributed by atoms with van der Waals surface area (Å²) in [6.45, 7) is 2.24. The van der Waals surface area contributed by atoms with Gasteiger partial charge in [0.15, 0.2) is 16.7 Å². The number of rotatable bonds is 5. The van der Waals surface area contributed by atoms with Crippen molar-refractivity contribution in [3.8, 4) is 11.5 Å². The van der Waals surface area contributed by atoms with E-state index in [2.05, 4.69) is 15.3 Å². The van der Waals surface area contributed by atoms with Crippen molar-refractivity contribution < 1.29 is 23.5 Å². The number of aromatic nitrogens is 2. The van der Waals surface area contributed by atoms with E-state index in [0.717, 1.165) is 17.7 Å². The number of carbonyl (C=O) groups is 2. The van der Waals surface area contributed by atoms with Gasteiger partial charge in [0.05, 0.1) is 25.0 Å². The van der Waals surface area contributed by atoms with Gasteiger partial charge in [-0.15, -0.1) is 0 Å². The van der Waals surface area contributed by atoms with Gasteiger partial charge in [-0.3, -0.25) is 19.9 Å². The first-order chi connectivity index (χ1) is 15.2. The molecule has 3 aromatic heterocycles. The molecule has 1 N–H and O–H groups in total. The number of fused-ring (bicyclic) bond motifs is 1. The minimum Gasteiger partial charge on any atom is -0.463 e. The highest BCUT2D eigenvalue weighted by molar-refractivity contribution is 7.18. The van der Waals surface area contributed by atoms with E-state index in [-0.39, 0.29) is 17.6 Å². The standard InChI is InChI=1S/C22H21N3O5S/c26-19(13-3-7-28-8-4-13)20-18(17-2-1-6-30-17)24-22(31-20)25-21(27)14-10-15-12-29-9-5-16(15)23-11-14/h1-2,6,10-11,13H,3-5,7-9,12H2,(H,24,25,27). The zero-order chi connectivity index (χ0) is 21.2. The number of ether oxygens (including phenoxy) is 2. The van der Waals surface area contributed by atoms with Crippen molar-refractivity contribution in [3.63, 3.8) is 0 Å². The normalized spacial score (nSPS) is 16.6. The summed E-state index contributed by atoms with van der Waals surface area (Å²) < 4.78 is 16.3. The van der Waals surface area contributed by atoms with Crippen molar-refractivity contribution in [2.75, 3.05) is 25.1 Å². The summed E-state index contributed by atoms with van der Waals surface area (Å²) in [7, 11) is 0. The fraction of sp³-hybridized carbons (Fsp3) is 0.364. The van der Waals surface area contributed by atoms with Gasteiger partial charge in [-0.2, -0.15) is 0 Å². The number of amides is 1. The molecule has 0 bridgehead atoms. The van der Waals surface area contributed by atoms with Crippen LogP contribution in [0, 0.1) is 5.92 Å². The molecule has 1 fully saturated rings. The van der Waals surface area contributed by atoms with Crippen molar-refractivity contribution >= 4 is 28.2 Å². The number of nitrogens with one attached hydrogen (secondary N) is 1. The van der Waals surface area contributed by atoms with Gasteiger partial charge in [-0.1, -0.05) is 11.3 Å². The Morgan fingerprint density at radius 2 is 2.03 bits per heavy atom. The van der Waals surface area contributed by atoms with Gasteiger partial charge in [-0.05, 0) is 31.0 Å². The minimum atomic E-state index is -0.328. The Bertz CT molecular complexity index is 1100. The molecule has 0 atom stereocenters. The lowest BCUT2D eigenvalue weighted by Crippen LogP contribution is -2.23. The maximum absolute atomic E-state index is 13.2. The van der Waals surface area contributed by atoms with Gasteiger partial charge < -0.3 is 13.9 Å². The average Bonchev–Trinajstić information content (AvgIpc) is 3.49. The van der Waals surface area contributed by atoms with E-state index >= 15 is 0 Å². The number of hydrogen-bond acceptors (Lipinski definition) is 8. The number of hydrogen-bond donors (Lipinski definition) is 1. The largest absolute Gasteiger partial charge is 0.463 e. The molecule has 3 aromatic rings. The third kappa shape index (κ3) is 4.16. The maximum Gasteiger partial charge on any atom is 0.259 e. The van der Waals surface area contributed by atoms with Crippen LogP contribution in [-0.2, 0) is 22.5 Å². The number of ketones is 1. The molecule has 0 saturated carbocycles. The highest BCUT2D eigenvalue weighted by Crippen LogP contribution is 2.35. The van der Waals surface area contributed by atoms with Crippen molar-refractivity contribution in [2.24, 2.45) is 5.92 Å². The van der Waals surface area contributed by atoms with E-state index < -0.39 is 0 Å². The van der Waals surface area contributed by atoms with Crippen LogP contribution < -0.4 is 5.32 Å². The molecule has 2 aliphatic heterocycles. The van der Waals surface area contributed by atoms with Crippen LogP contribution in [0.15, 0.2) is 35.1 Å². The summed E-state index contributed by atoms with van der Waals surface area (Å²) in [5, 5.41) is 3.16. The molecule has 9 heteroatoms. The molecule has 2 aliphatic rings. The third-order valence-electron chi connectivity index (χ3n) is 5.48. The SMILES string of the molecule is O=C(Nc1nc(-c2ccco2)c(C(=O)C2CCOCC2)s1)c1cnc2c(c1)COCC2. The fourth-order valence-corrected chi connectivity index (χ4v) is 4.78. The van der Waals surface area contributed by atoms with E-state index in [1.165, 1.54) is 17.6 Å². The van der Waals surface area contributed by atoms with Crippen molar-refractivity contribution in [3.05, 3.63) is 52.4 Å². The number of Topliss-reactive ketones (excluding diaryl/α,β-unsaturated/α-hetero) is 1. The summed E-state index contributed by atoms with van der Waals surface area (Å²) >= 11 is 1.17. The van der Waals surface area contributed by atoms with Gasteiger partial charge in [0.1, 0.15) is 10.6 Å². The summed E-state index contributed by atoms with van der Waals surface area (Å²) in [6.07, 6.45) is 5.21. The first-order valence-electron chi connectivity index (χ1n) is 10.2. The van der Waals surface area contributed by atoms with Gasteiger partial charge >= 0.3 is 0 Å². The number of furan rings is 1. The van der Waals surface area contributed by atoms with Crippen LogP contribution >= 0.6 is 11.3 Å². The molecule has 160 valence electrons. The first-order valence-corrected chi connectivity index (χ1v) is 11.0. The highest BCUT2D eigenvalue weighted by atomic mass is 32.1. The lowest BCUT2D eigenvalue weighted by molar-refractivity contribution is 0.0547. The van der Waals surface area contributed by atoms with E-state index in [9.17, 15) is 9.59 Å². The van der Waals surface area contributed by atoms with Crippen LogP contribution in [0.25, 0.3) is 11.5 Å². The smallest absolute Gasteiger partial charge is 0.259 e. The average molecular weight is 439 g/mol. The summed E-state index contributed by atoms with van der Waals surface area (Å²) in [6, 6.07) is 5.30. The summed E-state index contributed by atoms with van der Waals surface area (Å²) in [5.41, 5.74) is 2.77. The Morgan fingerprint density at radius 1 is 1.16 bits per heavy atom. The Labute approximate surface area is 182 Å². The van der Waals surface area contributed by atoms with Gasteiger partial charge in [0.2, 0.25) is 0 Å². The maximum atomic E-state index is 13.2. The molecular weight excluding hydrogens is 418 g/mol. The molecule has 5 heterocycles. The molecule has 5 rings (SSSR count). The quantitative estimate of drug-likeness (QED) is 0.604. The van der Waals surface area contributed by atoms with Gasteiger partial charge in [0, 0.05) is 43.0 Å². The Morgan fingerprint density at radius 3 is 2.84 bits per heavy atom. The molecular formula is C22H21N3O5S. The van der Waals surface area contributed by atoms with Crippen LogP contribution in [0.5, 0.6) is 0 Å². The van der Waals surface area contributed by atoms with Crippen LogP contribution in [0.4, 0.5) is 5.13 Å². The molecule has 0 spiro atoms. The second kappa shape index (κ2) is 8.70. The van der Waals surface area contributed by atoms with Crippen molar-refractivity contribution in [2.45, 2.75) is 25.9 Å². The number of nitrogens with zero attached hydrogens (tertiary/aromatic N) is 2. The van der Waals surface area contributed by atoms with Crippen LogP contribution in [0.2, 0.25) is 0 Å². The summed E-state index contributed by atoms with van der Waals surface area (Å²) in [4.78, 5) is 35.4. The number of anilines is 1. The van der Waals surface area contributed by atoms with Gasteiger partial charge in [-0.25, -0.2) is 4.98 Å². The van der Waals surface area contributed by atoms with E-state index in [1.807, 2.05) is 0 Å². The highest BCUT2D eigenvalue weighted by Gasteiger charge is 2.29. The molecule has 8 nitrogen and oxygen atoms in total. The Balaban J connectivity index is 1.41. The molecule has 1 amide bonds. The third-order valence-corrected chi connectivity index (χ3v) is 6.47. The van der Waals surface area contributed by atoms with E-state index in [1.54, 1.807) is 24.4 Å². The molecule has 0 radical (unpaired) electrons. The summed E-state index contributed by atoms with van der Waals surface area (Å²) in [5.74, 6) is 0.0713. The second-order valence-corrected chi connectivity index (χ2v) is 8.51. The van der Waals surface area contributed by atoms with Crippen LogP contribution in [0.1, 0.15) is 44.1 Å². The number of carbonyl (C=O) groups excluding carboxylic acids is 2. The Kier molecular flexibility index (Phi) is 5.63. The van der Waals surface area contributed by atoms with E-state index in [4.69, 9.17) is 13.9 Å². The predicted molar refractivity (Wildman–Crippen MR) is 113 cm³/mol. The Hall–Kier alpha value is -2.88. The number of pyridine rings is 1. The predicted octanol–water partition coefficient (Wildman–Crippen LogP) is 3.73. The minimum absolute atomic E-state index is 0.0142. The molecule has 0 unspecified atom stereocenters. The molecule has 31 heavy (non-hydrogen) atoms. The first kappa shape index (κ1) is 20.0. The van der Waals surface area contributed by atoms with Crippen LogP contribution in [0.3, 0.4) is 0 Å². The zero-order valence-corrected chi connectivity index (χ0v) is 17.6. The number of thiazole rings is 1. The lowest BCUT2D eigenvalue weighted by Gasteiger charge is -2.20. The molecule has 1 saturated heterocycles. The zero-order valence-electron chi connectivity index (χ0n) is 16.8. The molecule has 0 aliphatic carbocycles. The van der Waals surface area contributed by atoms with Crippen LogP contribution in [-0.4, -0.2) is 41.5 Å². The molecule has 0 aromatic carbocycles. The fourth-order valence-electron chi connectivity index (χ4n) is 3.80. The topological polar surface area (TPSA) is 104 Å². The van der Waals surface area contributed by atoms with Gasteiger partial charge in [0.25, 0.3) is 5.91 Å². The van der Waals surface area contributed by atoms with Crippen molar-refractivity contribution in [1.29, 1.82) is 0 Å². The van der Waals surface area contributed by atoms with Crippen molar-refractivity contribution in [1.82, 2.24) is 9.97 Å². The second-order valence-electron chi connectivity index (χ2n) is 7.51.